The van der Waals surface area contributed by atoms with Crippen LogP contribution in [0.1, 0.15) is 18.1 Å². The van der Waals surface area contributed by atoms with Gasteiger partial charge in [-0.2, -0.15) is 5.26 Å². The van der Waals surface area contributed by atoms with E-state index in [4.69, 9.17) is 26.3 Å². The van der Waals surface area contributed by atoms with Gasteiger partial charge in [0.15, 0.2) is 6.10 Å². The lowest BCUT2D eigenvalue weighted by Crippen LogP contribution is -2.30. The first-order valence-electron chi connectivity index (χ1n) is 7.26. The average molecular weight is 345 g/mol. The maximum Gasteiger partial charge on any atom is 0.265 e. The van der Waals surface area contributed by atoms with Gasteiger partial charge in [-0.15, -0.1) is 0 Å². The zero-order chi connectivity index (χ0) is 17.7. The Morgan fingerprint density at radius 3 is 2.75 bits per heavy atom. The molecule has 0 fully saturated rings. The van der Waals surface area contributed by atoms with Gasteiger partial charge < -0.3 is 14.8 Å². The van der Waals surface area contributed by atoms with Crippen molar-refractivity contribution in [3.8, 4) is 17.6 Å². The number of rotatable bonds is 5. The number of hydrogen-bond acceptors (Lipinski definition) is 4. The van der Waals surface area contributed by atoms with Crippen LogP contribution in [0.25, 0.3) is 0 Å². The Kier molecular flexibility index (Phi) is 5.67. The number of amides is 1. The molecule has 0 radical (unpaired) electrons. The van der Waals surface area contributed by atoms with Gasteiger partial charge in [-0.25, -0.2) is 0 Å². The first-order valence-corrected chi connectivity index (χ1v) is 7.64. The molecule has 2 aromatic rings. The smallest absolute Gasteiger partial charge is 0.265 e. The van der Waals surface area contributed by atoms with Crippen LogP contribution in [0, 0.1) is 18.3 Å². The van der Waals surface area contributed by atoms with Crippen molar-refractivity contribution < 1.29 is 14.3 Å². The van der Waals surface area contributed by atoms with Crippen molar-refractivity contribution in [1.29, 1.82) is 5.26 Å². The van der Waals surface area contributed by atoms with E-state index in [-0.39, 0.29) is 5.91 Å². The quantitative estimate of drug-likeness (QED) is 0.891. The monoisotopic (exact) mass is 344 g/mol. The van der Waals surface area contributed by atoms with Crippen LogP contribution in [0.3, 0.4) is 0 Å². The SMILES string of the molecule is COc1cc(Cl)c(C)cc1NC(=O)C(C)Oc1cccc(C#N)c1. The third-order valence-corrected chi connectivity index (χ3v) is 3.79. The summed E-state index contributed by atoms with van der Waals surface area (Å²) in [7, 11) is 1.50. The summed E-state index contributed by atoms with van der Waals surface area (Å²) in [6.07, 6.45) is -0.750. The molecule has 1 N–H and O–H groups in total. The van der Waals surface area contributed by atoms with Crippen LogP contribution in [-0.2, 0) is 4.79 Å². The molecule has 2 rings (SSSR count). The normalized spacial score (nSPS) is 11.3. The average Bonchev–Trinajstić information content (AvgIpc) is 2.57. The Labute approximate surface area is 145 Å². The number of nitriles is 1. The van der Waals surface area contributed by atoms with E-state index in [1.807, 2.05) is 13.0 Å². The molecule has 1 atom stereocenters. The lowest BCUT2D eigenvalue weighted by Gasteiger charge is -2.17. The van der Waals surface area contributed by atoms with E-state index in [0.717, 1.165) is 5.56 Å². The van der Waals surface area contributed by atoms with Gasteiger partial charge in [-0.05, 0) is 43.7 Å². The second kappa shape index (κ2) is 7.71. The second-order valence-corrected chi connectivity index (χ2v) is 5.60. The van der Waals surface area contributed by atoms with E-state index in [1.54, 1.807) is 43.3 Å². The summed E-state index contributed by atoms with van der Waals surface area (Å²) in [5.41, 5.74) is 1.81. The molecule has 124 valence electrons. The Balaban J connectivity index is 2.12. The summed E-state index contributed by atoms with van der Waals surface area (Å²) in [5, 5.41) is 12.2. The number of anilines is 1. The van der Waals surface area contributed by atoms with Crippen LogP contribution in [0.15, 0.2) is 36.4 Å². The standard InChI is InChI=1S/C18H17ClN2O3/c1-11-7-16(17(23-3)9-15(11)19)21-18(22)12(2)24-14-6-4-5-13(8-14)10-20/h4-9,12H,1-3H3,(H,21,22). The number of carbonyl (C=O) groups excluding carboxylic acids is 1. The predicted molar refractivity (Wildman–Crippen MR) is 92.6 cm³/mol. The number of aryl methyl sites for hydroxylation is 1. The molecule has 0 aromatic heterocycles. The van der Waals surface area contributed by atoms with E-state index in [2.05, 4.69) is 5.32 Å². The fourth-order valence-corrected chi connectivity index (χ4v) is 2.21. The predicted octanol–water partition coefficient (Wildman–Crippen LogP) is 3.93. The maximum absolute atomic E-state index is 12.3. The molecule has 5 nitrogen and oxygen atoms in total. The van der Waals surface area contributed by atoms with Gasteiger partial charge >= 0.3 is 0 Å². The highest BCUT2D eigenvalue weighted by molar-refractivity contribution is 6.31. The third kappa shape index (κ3) is 4.18. The second-order valence-electron chi connectivity index (χ2n) is 5.19. The van der Waals surface area contributed by atoms with Gasteiger partial charge in [0.2, 0.25) is 0 Å². The third-order valence-electron chi connectivity index (χ3n) is 3.38. The van der Waals surface area contributed by atoms with E-state index in [9.17, 15) is 4.79 Å². The van der Waals surface area contributed by atoms with Gasteiger partial charge in [0, 0.05) is 11.1 Å². The molecule has 0 saturated carbocycles. The van der Waals surface area contributed by atoms with Crippen molar-refractivity contribution in [3.63, 3.8) is 0 Å². The lowest BCUT2D eigenvalue weighted by atomic mass is 10.2. The Hall–Kier alpha value is -2.71. The highest BCUT2D eigenvalue weighted by atomic mass is 35.5. The van der Waals surface area contributed by atoms with Gasteiger partial charge in [-0.1, -0.05) is 17.7 Å². The first-order chi connectivity index (χ1) is 11.4. The summed E-state index contributed by atoms with van der Waals surface area (Å²) in [5.74, 6) is 0.589. The number of hydrogen-bond donors (Lipinski definition) is 1. The molecular weight excluding hydrogens is 328 g/mol. The van der Waals surface area contributed by atoms with Crippen LogP contribution >= 0.6 is 11.6 Å². The van der Waals surface area contributed by atoms with Crippen LogP contribution in [-0.4, -0.2) is 19.1 Å². The number of carbonyl (C=O) groups is 1. The minimum Gasteiger partial charge on any atom is -0.495 e. The Morgan fingerprint density at radius 1 is 1.33 bits per heavy atom. The fraction of sp³-hybridized carbons (Fsp3) is 0.222. The number of benzene rings is 2. The van der Waals surface area contributed by atoms with Gasteiger partial charge in [-0.3, -0.25) is 4.79 Å². The topological polar surface area (TPSA) is 71.3 Å². The molecule has 0 aliphatic carbocycles. The van der Waals surface area contributed by atoms with Crippen LogP contribution in [0.5, 0.6) is 11.5 Å². The highest BCUT2D eigenvalue weighted by Crippen LogP contribution is 2.31. The van der Waals surface area contributed by atoms with Gasteiger partial charge in [0.05, 0.1) is 24.4 Å². The summed E-state index contributed by atoms with van der Waals surface area (Å²) < 4.78 is 10.8. The van der Waals surface area contributed by atoms with Crippen LogP contribution < -0.4 is 14.8 Å². The number of halogens is 1. The van der Waals surface area contributed by atoms with Crippen LogP contribution in [0.2, 0.25) is 5.02 Å². The number of nitrogens with zero attached hydrogens (tertiary/aromatic N) is 1. The summed E-state index contributed by atoms with van der Waals surface area (Å²) >= 11 is 6.06. The number of nitrogens with one attached hydrogen (secondary N) is 1. The molecule has 2 aromatic carbocycles. The Morgan fingerprint density at radius 2 is 2.08 bits per heavy atom. The lowest BCUT2D eigenvalue weighted by molar-refractivity contribution is -0.122. The van der Waals surface area contributed by atoms with E-state index in [1.165, 1.54) is 7.11 Å². The van der Waals surface area contributed by atoms with Crippen molar-refractivity contribution in [2.45, 2.75) is 20.0 Å². The molecule has 0 heterocycles. The molecule has 0 bridgehead atoms. The van der Waals surface area contributed by atoms with Crippen molar-refractivity contribution in [2.75, 3.05) is 12.4 Å². The van der Waals surface area contributed by atoms with Gasteiger partial charge in [0.1, 0.15) is 11.5 Å². The zero-order valence-electron chi connectivity index (χ0n) is 13.6. The highest BCUT2D eigenvalue weighted by Gasteiger charge is 2.17. The van der Waals surface area contributed by atoms with E-state index < -0.39 is 6.10 Å². The van der Waals surface area contributed by atoms with Crippen molar-refractivity contribution in [3.05, 3.63) is 52.5 Å². The summed E-state index contributed by atoms with van der Waals surface area (Å²) in [6.45, 7) is 3.47. The molecule has 6 heteroatoms. The summed E-state index contributed by atoms with van der Waals surface area (Å²) in [4.78, 5) is 12.3. The fourth-order valence-electron chi connectivity index (χ4n) is 2.06. The maximum atomic E-state index is 12.3. The first kappa shape index (κ1) is 17.6. The number of ether oxygens (including phenoxy) is 2. The molecule has 0 aliphatic heterocycles. The molecule has 0 spiro atoms. The zero-order valence-corrected chi connectivity index (χ0v) is 14.3. The van der Waals surface area contributed by atoms with E-state index in [0.29, 0.717) is 27.8 Å². The molecule has 0 saturated heterocycles. The minimum atomic E-state index is -0.750. The minimum absolute atomic E-state index is 0.336. The molecule has 0 aliphatic rings. The van der Waals surface area contributed by atoms with Gasteiger partial charge in [0.25, 0.3) is 5.91 Å². The van der Waals surface area contributed by atoms with E-state index >= 15 is 0 Å². The Bertz CT molecular complexity index is 799. The van der Waals surface area contributed by atoms with Crippen molar-refractivity contribution in [2.24, 2.45) is 0 Å². The van der Waals surface area contributed by atoms with Crippen LogP contribution in [0.4, 0.5) is 5.69 Å². The molecular formula is C18H17ClN2O3. The molecule has 1 unspecified atom stereocenters. The number of methoxy groups -OCH3 is 1. The van der Waals surface area contributed by atoms with Crippen molar-refractivity contribution >= 4 is 23.2 Å². The molecule has 24 heavy (non-hydrogen) atoms. The largest absolute Gasteiger partial charge is 0.495 e. The molecule has 1 amide bonds. The van der Waals surface area contributed by atoms with Crippen molar-refractivity contribution in [1.82, 2.24) is 0 Å². The summed E-state index contributed by atoms with van der Waals surface area (Å²) in [6, 6.07) is 12.0.